The quantitative estimate of drug-likeness (QED) is 0.788. The molecule has 0 saturated carbocycles. The molecule has 1 fully saturated rings. The minimum absolute atomic E-state index is 0.0946. The van der Waals surface area contributed by atoms with E-state index in [0.717, 1.165) is 44.6 Å². The smallest absolute Gasteiger partial charge is 0.263 e. The molecule has 150 valence electrons. The van der Waals surface area contributed by atoms with Gasteiger partial charge in [0.25, 0.3) is 11.5 Å². The lowest BCUT2D eigenvalue weighted by atomic mass is 9.97. The average molecular weight is 384 g/mol. The molecular formula is C21H28N4O3. The Balaban J connectivity index is 1.50. The molecule has 1 aliphatic heterocycles. The first-order valence-electron chi connectivity index (χ1n) is 9.70. The van der Waals surface area contributed by atoms with Gasteiger partial charge in [-0.1, -0.05) is 12.1 Å². The van der Waals surface area contributed by atoms with Crippen LogP contribution in [0.2, 0.25) is 0 Å². The first-order valence-corrected chi connectivity index (χ1v) is 9.70. The van der Waals surface area contributed by atoms with Crippen LogP contribution in [0.25, 0.3) is 0 Å². The van der Waals surface area contributed by atoms with Crippen molar-refractivity contribution in [1.82, 2.24) is 19.8 Å². The highest BCUT2D eigenvalue weighted by Gasteiger charge is 2.24. The molecule has 3 rings (SSSR count). The minimum Gasteiger partial charge on any atom is -0.497 e. The molecule has 1 atom stereocenters. The van der Waals surface area contributed by atoms with E-state index in [0.29, 0.717) is 12.5 Å². The third-order valence-electron chi connectivity index (χ3n) is 5.31. The van der Waals surface area contributed by atoms with Crippen LogP contribution in [-0.4, -0.2) is 66.0 Å². The van der Waals surface area contributed by atoms with Crippen molar-refractivity contribution in [3.05, 3.63) is 58.3 Å². The molecule has 1 N–H and O–H groups in total. The van der Waals surface area contributed by atoms with E-state index in [4.69, 9.17) is 4.74 Å². The molecule has 1 aliphatic rings. The van der Waals surface area contributed by atoms with E-state index in [9.17, 15) is 9.59 Å². The number of carbonyl (C=O) groups excluding carboxylic acids is 1. The summed E-state index contributed by atoms with van der Waals surface area (Å²) in [6.45, 7) is 3.71. The van der Waals surface area contributed by atoms with Crippen molar-refractivity contribution in [2.24, 2.45) is 5.92 Å². The molecule has 28 heavy (non-hydrogen) atoms. The Morgan fingerprint density at radius 2 is 2.14 bits per heavy atom. The number of rotatable bonds is 7. The van der Waals surface area contributed by atoms with E-state index in [-0.39, 0.29) is 11.5 Å². The van der Waals surface area contributed by atoms with Crippen molar-refractivity contribution in [1.29, 1.82) is 0 Å². The Morgan fingerprint density at radius 3 is 2.86 bits per heavy atom. The van der Waals surface area contributed by atoms with Crippen LogP contribution in [0.4, 0.5) is 0 Å². The van der Waals surface area contributed by atoms with E-state index < -0.39 is 5.56 Å². The molecule has 1 aromatic heterocycles. The SMILES string of the molecule is COc1ccc(CCN2CCC[C@@H](CN(C)C(=O)c3cnc[nH]c3=O)C2)cc1. The van der Waals surface area contributed by atoms with Crippen LogP contribution >= 0.6 is 0 Å². The fourth-order valence-corrected chi connectivity index (χ4v) is 3.76. The van der Waals surface area contributed by atoms with Crippen molar-refractivity contribution in [2.45, 2.75) is 19.3 Å². The van der Waals surface area contributed by atoms with Crippen LogP contribution in [0.5, 0.6) is 5.75 Å². The number of carbonyl (C=O) groups is 1. The van der Waals surface area contributed by atoms with Crippen molar-refractivity contribution in [2.75, 3.05) is 40.3 Å². The standard InChI is InChI=1S/C21H28N4O3/c1-24(21(27)19-12-22-15-23-20(19)26)13-17-4-3-10-25(14-17)11-9-16-5-7-18(28-2)8-6-16/h5-8,12,15,17H,3-4,9-11,13-14H2,1-2H3,(H,22,23,26)/t17-/m0/s1. The summed E-state index contributed by atoms with van der Waals surface area (Å²) in [6, 6.07) is 8.21. The van der Waals surface area contributed by atoms with E-state index in [2.05, 4.69) is 27.0 Å². The summed E-state index contributed by atoms with van der Waals surface area (Å²) in [7, 11) is 3.43. The van der Waals surface area contributed by atoms with Crippen molar-refractivity contribution in [3.63, 3.8) is 0 Å². The van der Waals surface area contributed by atoms with Crippen LogP contribution < -0.4 is 10.3 Å². The highest BCUT2D eigenvalue weighted by Crippen LogP contribution is 2.19. The second kappa shape index (κ2) is 9.50. The Kier molecular flexibility index (Phi) is 6.81. The Labute approximate surface area is 165 Å². The molecule has 2 aromatic rings. The highest BCUT2D eigenvalue weighted by molar-refractivity contribution is 5.93. The number of nitrogens with one attached hydrogen (secondary N) is 1. The molecule has 0 spiro atoms. The number of likely N-dealkylation sites (tertiary alicyclic amines) is 1. The van der Waals surface area contributed by atoms with Gasteiger partial charge in [0.15, 0.2) is 0 Å². The zero-order valence-corrected chi connectivity index (χ0v) is 16.6. The van der Waals surface area contributed by atoms with Crippen molar-refractivity contribution in [3.8, 4) is 5.75 Å². The zero-order chi connectivity index (χ0) is 19.9. The summed E-state index contributed by atoms with van der Waals surface area (Å²) in [5.41, 5.74) is 1.000. The third kappa shape index (κ3) is 5.19. The molecule has 0 unspecified atom stereocenters. The number of methoxy groups -OCH3 is 1. The van der Waals surface area contributed by atoms with Gasteiger partial charge in [0.1, 0.15) is 11.3 Å². The predicted molar refractivity (Wildman–Crippen MR) is 108 cm³/mol. The fourth-order valence-electron chi connectivity index (χ4n) is 3.76. The molecule has 1 saturated heterocycles. The molecule has 1 amide bonds. The van der Waals surface area contributed by atoms with Gasteiger partial charge in [-0.25, -0.2) is 4.98 Å². The average Bonchev–Trinajstić information content (AvgIpc) is 2.73. The molecule has 1 aromatic carbocycles. The summed E-state index contributed by atoms with van der Waals surface area (Å²) in [6.07, 6.45) is 5.85. The van der Waals surface area contributed by atoms with Crippen LogP contribution in [-0.2, 0) is 6.42 Å². The summed E-state index contributed by atoms with van der Waals surface area (Å²) in [5, 5.41) is 0. The topological polar surface area (TPSA) is 78.5 Å². The first-order chi connectivity index (χ1) is 13.6. The van der Waals surface area contributed by atoms with Gasteiger partial charge in [-0.2, -0.15) is 0 Å². The number of ether oxygens (including phenoxy) is 1. The molecule has 2 heterocycles. The van der Waals surface area contributed by atoms with E-state index in [1.807, 2.05) is 12.1 Å². The summed E-state index contributed by atoms with van der Waals surface area (Å²) >= 11 is 0. The van der Waals surface area contributed by atoms with E-state index >= 15 is 0 Å². The van der Waals surface area contributed by atoms with Gasteiger partial charge in [-0.15, -0.1) is 0 Å². The first kappa shape index (κ1) is 20.1. The molecular weight excluding hydrogens is 356 g/mol. The van der Waals surface area contributed by atoms with Gasteiger partial charge in [-0.05, 0) is 49.4 Å². The van der Waals surface area contributed by atoms with Gasteiger partial charge in [0.05, 0.1) is 13.4 Å². The number of hydrogen-bond donors (Lipinski definition) is 1. The van der Waals surface area contributed by atoms with Gasteiger partial charge >= 0.3 is 0 Å². The number of benzene rings is 1. The maximum absolute atomic E-state index is 12.5. The normalized spacial score (nSPS) is 17.3. The number of H-pyrrole nitrogens is 1. The Morgan fingerprint density at radius 1 is 1.36 bits per heavy atom. The van der Waals surface area contributed by atoms with E-state index in [1.54, 1.807) is 19.1 Å². The monoisotopic (exact) mass is 384 g/mol. The molecule has 0 aliphatic carbocycles. The summed E-state index contributed by atoms with van der Waals surface area (Å²) < 4.78 is 5.21. The van der Waals surface area contributed by atoms with Gasteiger partial charge in [0, 0.05) is 32.9 Å². The van der Waals surface area contributed by atoms with E-state index in [1.165, 1.54) is 18.1 Å². The molecule has 7 heteroatoms. The number of aromatic amines is 1. The minimum atomic E-state index is -0.392. The number of hydrogen-bond acceptors (Lipinski definition) is 5. The summed E-state index contributed by atoms with van der Waals surface area (Å²) in [4.78, 5) is 34.8. The fraction of sp³-hybridized carbons (Fsp3) is 0.476. The zero-order valence-electron chi connectivity index (χ0n) is 16.6. The third-order valence-corrected chi connectivity index (χ3v) is 5.31. The van der Waals surface area contributed by atoms with Gasteiger partial charge in [-0.3, -0.25) is 9.59 Å². The van der Waals surface area contributed by atoms with Crippen LogP contribution in [0, 0.1) is 5.92 Å². The van der Waals surface area contributed by atoms with Crippen LogP contribution in [0.3, 0.4) is 0 Å². The number of piperidine rings is 1. The number of amides is 1. The number of aromatic nitrogens is 2. The highest BCUT2D eigenvalue weighted by atomic mass is 16.5. The van der Waals surface area contributed by atoms with Crippen molar-refractivity contribution >= 4 is 5.91 Å². The second-order valence-electron chi connectivity index (χ2n) is 7.39. The largest absolute Gasteiger partial charge is 0.497 e. The molecule has 7 nitrogen and oxygen atoms in total. The lowest BCUT2D eigenvalue weighted by molar-refractivity contribution is 0.0728. The maximum atomic E-state index is 12.5. The second-order valence-corrected chi connectivity index (χ2v) is 7.39. The lowest BCUT2D eigenvalue weighted by Crippen LogP contribution is -2.43. The van der Waals surface area contributed by atoms with Gasteiger partial charge < -0.3 is 19.5 Å². The summed E-state index contributed by atoms with van der Waals surface area (Å²) in [5.74, 6) is 1.01. The van der Waals surface area contributed by atoms with Crippen LogP contribution in [0.1, 0.15) is 28.8 Å². The molecule has 0 bridgehead atoms. The lowest BCUT2D eigenvalue weighted by Gasteiger charge is -2.34. The Hall–Kier alpha value is -2.67. The van der Waals surface area contributed by atoms with Gasteiger partial charge in [0.2, 0.25) is 0 Å². The Bertz CT molecular complexity index is 834. The van der Waals surface area contributed by atoms with Crippen LogP contribution in [0.15, 0.2) is 41.6 Å². The predicted octanol–water partition coefficient (Wildman–Crippen LogP) is 1.81. The molecule has 0 radical (unpaired) electrons. The maximum Gasteiger partial charge on any atom is 0.263 e. The number of nitrogens with zero attached hydrogens (tertiary/aromatic N) is 3. The van der Waals surface area contributed by atoms with Crippen molar-refractivity contribution < 1.29 is 9.53 Å².